The van der Waals surface area contributed by atoms with Gasteiger partial charge in [-0.1, -0.05) is 0 Å². The molecule has 0 aliphatic heterocycles. The highest BCUT2D eigenvalue weighted by Crippen LogP contribution is 1.93. The molecule has 1 unspecified atom stereocenters. The number of carbonyl (C=O) groups excluding carboxylic acids is 1. The van der Waals surface area contributed by atoms with Crippen molar-refractivity contribution in [2.75, 3.05) is 33.4 Å². The SMILES string of the molecule is COCC(C)NC(=O)CNCCCCOC(C)C. The lowest BCUT2D eigenvalue weighted by molar-refractivity contribution is -0.121. The fourth-order valence-electron chi connectivity index (χ4n) is 1.49. The molecule has 0 aromatic rings. The van der Waals surface area contributed by atoms with Gasteiger partial charge in [0, 0.05) is 19.8 Å². The number of rotatable bonds is 11. The van der Waals surface area contributed by atoms with Crippen LogP contribution >= 0.6 is 0 Å². The molecule has 0 bridgehead atoms. The highest BCUT2D eigenvalue weighted by Gasteiger charge is 2.05. The van der Waals surface area contributed by atoms with Gasteiger partial charge < -0.3 is 20.1 Å². The molecule has 0 spiro atoms. The molecule has 0 heterocycles. The maximum atomic E-state index is 11.5. The summed E-state index contributed by atoms with van der Waals surface area (Å²) in [6.07, 6.45) is 2.34. The normalized spacial score (nSPS) is 12.7. The van der Waals surface area contributed by atoms with E-state index in [1.54, 1.807) is 7.11 Å². The van der Waals surface area contributed by atoms with Crippen LogP contribution in [0.15, 0.2) is 0 Å². The van der Waals surface area contributed by atoms with Crippen molar-refractivity contribution < 1.29 is 14.3 Å². The minimum absolute atomic E-state index is 0.0120. The van der Waals surface area contributed by atoms with Crippen LogP contribution in [-0.4, -0.2) is 51.5 Å². The van der Waals surface area contributed by atoms with E-state index in [1.807, 2.05) is 20.8 Å². The van der Waals surface area contributed by atoms with Crippen molar-refractivity contribution in [1.29, 1.82) is 0 Å². The van der Waals surface area contributed by atoms with Crippen LogP contribution in [0.3, 0.4) is 0 Å². The molecule has 0 radical (unpaired) electrons. The summed E-state index contributed by atoms with van der Waals surface area (Å²) in [4.78, 5) is 11.5. The van der Waals surface area contributed by atoms with Crippen molar-refractivity contribution in [1.82, 2.24) is 10.6 Å². The largest absolute Gasteiger partial charge is 0.383 e. The molecule has 0 aliphatic carbocycles. The Balaban J connectivity index is 3.30. The van der Waals surface area contributed by atoms with Crippen molar-refractivity contribution in [3.63, 3.8) is 0 Å². The molecule has 5 nitrogen and oxygen atoms in total. The lowest BCUT2D eigenvalue weighted by Crippen LogP contribution is -2.41. The molecule has 0 aliphatic rings. The molecule has 1 amide bonds. The third-order valence-corrected chi connectivity index (χ3v) is 2.31. The summed E-state index contributed by atoms with van der Waals surface area (Å²) < 4.78 is 10.4. The molecule has 5 heteroatoms. The molecular formula is C13H28N2O3. The van der Waals surface area contributed by atoms with Gasteiger partial charge in [-0.05, 0) is 40.2 Å². The predicted octanol–water partition coefficient (Wildman–Crippen LogP) is 0.932. The van der Waals surface area contributed by atoms with E-state index in [1.165, 1.54) is 0 Å². The zero-order valence-electron chi connectivity index (χ0n) is 12.1. The Morgan fingerprint density at radius 2 is 1.94 bits per heavy atom. The summed E-state index contributed by atoms with van der Waals surface area (Å²) >= 11 is 0. The Labute approximate surface area is 111 Å². The van der Waals surface area contributed by atoms with Crippen LogP contribution in [0.4, 0.5) is 0 Å². The highest BCUT2D eigenvalue weighted by atomic mass is 16.5. The first-order valence-corrected chi connectivity index (χ1v) is 6.67. The number of methoxy groups -OCH3 is 1. The van der Waals surface area contributed by atoms with Gasteiger partial charge in [-0.25, -0.2) is 0 Å². The second-order valence-corrected chi connectivity index (χ2v) is 4.73. The molecule has 0 aromatic carbocycles. The van der Waals surface area contributed by atoms with Crippen LogP contribution in [0, 0.1) is 0 Å². The average molecular weight is 260 g/mol. The number of ether oxygens (including phenoxy) is 2. The van der Waals surface area contributed by atoms with Gasteiger partial charge in [-0.2, -0.15) is 0 Å². The number of carbonyl (C=O) groups is 1. The van der Waals surface area contributed by atoms with Crippen LogP contribution in [0.25, 0.3) is 0 Å². The van der Waals surface area contributed by atoms with E-state index >= 15 is 0 Å². The Kier molecular flexibility index (Phi) is 11.0. The molecule has 0 saturated heterocycles. The van der Waals surface area contributed by atoms with E-state index < -0.39 is 0 Å². The van der Waals surface area contributed by atoms with E-state index in [4.69, 9.17) is 9.47 Å². The van der Waals surface area contributed by atoms with Gasteiger partial charge in [0.1, 0.15) is 0 Å². The van der Waals surface area contributed by atoms with E-state index in [9.17, 15) is 4.79 Å². The van der Waals surface area contributed by atoms with Gasteiger partial charge in [-0.3, -0.25) is 4.79 Å². The molecule has 0 saturated carbocycles. The molecule has 0 rings (SSSR count). The van der Waals surface area contributed by atoms with Crippen molar-refractivity contribution in [3.8, 4) is 0 Å². The highest BCUT2D eigenvalue weighted by molar-refractivity contribution is 5.78. The minimum atomic E-state index is 0.0120. The maximum absolute atomic E-state index is 11.5. The zero-order valence-corrected chi connectivity index (χ0v) is 12.1. The molecule has 0 aromatic heterocycles. The Morgan fingerprint density at radius 1 is 1.22 bits per heavy atom. The van der Waals surface area contributed by atoms with Gasteiger partial charge in [-0.15, -0.1) is 0 Å². The second kappa shape index (κ2) is 11.4. The lowest BCUT2D eigenvalue weighted by atomic mass is 10.3. The number of hydrogen-bond acceptors (Lipinski definition) is 4. The van der Waals surface area contributed by atoms with Crippen molar-refractivity contribution >= 4 is 5.91 Å². The quantitative estimate of drug-likeness (QED) is 0.543. The van der Waals surface area contributed by atoms with Gasteiger partial charge >= 0.3 is 0 Å². The predicted molar refractivity (Wildman–Crippen MR) is 72.7 cm³/mol. The van der Waals surface area contributed by atoms with Crippen LogP contribution in [-0.2, 0) is 14.3 Å². The van der Waals surface area contributed by atoms with Gasteiger partial charge in [0.2, 0.25) is 5.91 Å². The number of unbranched alkanes of at least 4 members (excludes halogenated alkanes) is 1. The van der Waals surface area contributed by atoms with Crippen LogP contribution < -0.4 is 10.6 Å². The summed E-state index contributed by atoms with van der Waals surface area (Å²) in [5.74, 6) is 0.0120. The van der Waals surface area contributed by atoms with Crippen LogP contribution in [0.5, 0.6) is 0 Å². The molecule has 18 heavy (non-hydrogen) atoms. The maximum Gasteiger partial charge on any atom is 0.234 e. The summed E-state index contributed by atoms with van der Waals surface area (Å²) in [6, 6.07) is 0.0590. The topological polar surface area (TPSA) is 59.6 Å². The van der Waals surface area contributed by atoms with Crippen LogP contribution in [0.2, 0.25) is 0 Å². The summed E-state index contributed by atoms with van der Waals surface area (Å²) in [7, 11) is 1.63. The summed E-state index contributed by atoms with van der Waals surface area (Å²) in [6.45, 7) is 8.51. The minimum Gasteiger partial charge on any atom is -0.383 e. The molecule has 1 atom stereocenters. The van der Waals surface area contributed by atoms with E-state index in [0.29, 0.717) is 19.3 Å². The number of amides is 1. The first kappa shape index (κ1) is 17.4. The molecular weight excluding hydrogens is 232 g/mol. The summed E-state index contributed by atoms with van der Waals surface area (Å²) in [5.41, 5.74) is 0. The number of nitrogens with one attached hydrogen (secondary N) is 2. The van der Waals surface area contributed by atoms with Crippen molar-refractivity contribution in [2.45, 2.75) is 45.8 Å². The Morgan fingerprint density at radius 3 is 2.56 bits per heavy atom. The van der Waals surface area contributed by atoms with E-state index in [-0.39, 0.29) is 11.9 Å². The van der Waals surface area contributed by atoms with E-state index in [2.05, 4.69) is 10.6 Å². The monoisotopic (exact) mass is 260 g/mol. The van der Waals surface area contributed by atoms with Crippen LogP contribution in [0.1, 0.15) is 33.6 Å². The Bertz CT molecular complexity index is 210. The first-order valence-electron chi connectivity index (χ1n) is 6.67. The first-order chi connectivity index (χ1) is 8.56. The molecule has 0 fully saturated rings. The van der Waals surface area contributed by atoms with Gasteiger partial charge in [0.05, 0.1) is 19.3 Å². The van der Waals surface area contributed by atoms with Crippen molar-refractivity contribution in [3.05, 3.63) is 0 Å². The lowest BCUT2D eigenvalue weighted by Gasteiger charge is -2.13. The third-order valence-electron chi connectivity index (χ3n) is 2.31. The second-order valence-electron chi connectivity index (χ2n) is 4.73. The molecule has 2 N–H and O–H groups in total. The standard InChI is InChI=1S/C13H28N2O3/c1-11(2)18-8-6-5-7-14-9-13(16)15-12(3)10-17-4/h11-12,14H,5-10H2,1-4H3,(H,15,16). The molecule has 108 valence electrons. The smallest absolute Gasteiger partial charge is 0.234 e. The Hall–Kier alpha value is -0.650. The van der Waals surface area contributed by atoms with Gasteiger partial charge in [0.25, 0.3) is 0 Å². The average Bonchev–Trinajstić information content (AvgIpc) is 2.27. The van der Waals surface area contributed by atoms with Crippen molar-refractivity contribution in [2.24, 2.45) is 0 Å². The summed E-state index contributed by atoms with van der Waals surface area (Å²) in [5, 5.41) is 5.96. The van der Waals surface area contributed by atoms with Gasteiger partial charge in [0.15, 0.2) is 0 Å². The number of hydrogen-bond donors (Lipinski definition) is 2. The van der Waals surface area contributed by atoms with E-state index in [0.717, 1.165) is 26.0 Å². The third kappa shape index (κ3) is 11.8. The fourth-order valence-corrected chi connectivity index (χ4v) is 1.49. The fraction of sp³-hybridized carbons (Fsp3) is 0.923. The zero-order chi connectivity index (χ0) is 13.8.